The number of carbonyl (C=O) groups excluding carboxylic acids is 2. The van der Waals surface area contributed by atoms with Gasteiger partial charge in [-0.25, -0.2) is 5.43 Å². The van der Waals surface area contributed by atoms with Crippen LogP contribution in [0.1, 0.15) is 17.5 Å². The molecule has 10 heteroatoms. The molecule has 0 bridgehead atoms. The van der Waals surface area contributed by atoms with Gasteiger partial charge in [-0.1, -0.05) is 6.07 Å². The Morgan fingerprint density at radius 3 is 2.03 bits per heavy atom. The average molecular weight is 459 g/mol. The molecule has 178 valence electrons. The molecule has 2 aromatic carbocycles. The maximum Gasteiger partial charge on any atom is 0.249 e. The summed E-state index contributed by atoms with van der Waals surface area (Å²) in [6.07, 6.45) is 1.64. The molecule has 0 aliphatic heterocycles. The molecule has 0 fully saturated rings. The number of hydrogen-bond donors (Lipinski definition) is 2. The van der Waals surface area contributed by atoms with Crippen molar-refractivity contribution in [1.82, 2.24) is 10.7 Å². The third kappa shape index (κ3) is 7.30. The Labute approximate surface area is 192 Å². The Morgan fingerprint density at radius 2 is 1.45 bits per heavy atom. The van der Waals surface area contributed by atoms with Gasteiger partial charge in [0, 0.05) is 12.1 Å². The van der Waals surface area contributed by atoms with E-state index in [4.69, 9.17) is 23.7 Å². The molecule has 0 aliphatic carbocycles. The van der Waals surface area contributed by atoms with Gasteiger partial charge in [0.2, 0.25) is 17.6 Å². The van der Waals surface area contributed by atoms with Crippen LogP contribution in [-0.4, -0.2) is 60.1 Å². The number of hydrazone groups is 1. The second-order valence-electron chi connectivity index (χ2n) is 6.72. The van der Waals surface area contributed by atoms with E-state index >= 15 is 0 Å². The molecule has 2 aromatic rings. The Hall–Kier alpha value is -3.95. The molecule has 0 spiro atoms. The minimum absolute atomic E-state index is 0.349. The van der Waals surface area contributed by atoms with Gasteiger partial charge in [0.05, 0.1) is 41.8 Å². The fraction of sp³-hybridized carbons (Fsp3) is 0.348. The second kappa shape index (κ2) is 12.8. The van der Waals surface area contributed by atoms with Crippen LogP contribution in [0.4, 0.5) is 0 Å². The van der Waals surface area contributed by atoms with Gasteiger partial charge in [0.15, 0.2) is 23.0 Å². The zero-order valence-corrected chi connectivity index (χ0v) is 19.4. The summed E-state index contributed by atoms with van der Waals surface area (Å²) in [5, 5.41) is 6.59. The minimum atomic E-state index is -0.540. The first kappa shape index (κ1) is 25.3. The zero-order valence-electron chi connectivity index (χ0n) is 19.4. The highest BCUT2D eigenvalue weighted by Gasteiger charge is 2.13. The van der Waals surface area contributed by atoms with E-state index in [1.54, 1.807) is 32.4 Å². The average Bonchev–Trinajstić information content (AvgIpc) is 2.82. The Balaban J connectivity index is 1.82. The van der Waals surface area contributed by atoms with E-state index in [-0.39, 0.29) is 6.42 Å². The van der Waals surface area contributed by atoms with E-state index in [1.165, 1.54) is 27.5 Å². The molecule has 0 atom stereocenters. The number of ether oxygens (including phenoxy) is 5. The molecular formula is C23H29N3O7. The SMILES string of the molecule is COc1ccc(CCNC(=O)CC(=O)N/N=C\c2cc(OC)c(OC)c(OC)c2)cc1OC. The van der Waals surface area contributed by atoms with Crippen molar-refractivity contribution in [2.24, 2.45) is 5.10 Å². The summed E-state index contributed by atoms with van der Waals surface area (Å²) in [5.74, 6) is 1.67. The number of benzene rings is 2. The summed E-state index contributed by atoms with van der Waals surface area (Å²) in [5.41, 5.74) is 3.91. The molecule has 33 heavy (non-hydrogen) atoms. The highest BCUT2D eigenvalue weighted by molar-refractivity contribution is 5.97. The van der Waals surface area contributed by atoms with E-state index in [2.05, 4.69) is 15.8 Å². The summed E-state index contributed by atoms with van der Waals surface area (Å²) >= 11 is 0. The lowest BCUT2D eigenvalue weighted by Crippen LogP contribution is -2.31. The third-order valence-corrected chi connectivity index (χ3v) is 4.59. The monoisotopic (exact) mass is 459 g/mol. The van der Waals surface area contributed by atoms with Crippen LogP contribution in [0.3, 0.4) is 0 Å². The van der Waals surface area contributed by atoms with Gasteiger partial charge in [0.1, 0.15) is 6.42 Å². The Morgan fingerprint density at radius 1 is 0.818 bits per heavy atom. The van der Waals surface area contributed by atoms with Gasteiger partial charge >= 0.3 is 0 Å². The van der Waals surface area contributed by atoms with Crippen LogP contribution in [0.15, 0.2) is 35.4 Å². The summed E-state index contributed by atoms with van der Waals surface area (Å²) in [4.78, 5) is 24.0. The quantitative estimate of drug-likeness (QED) is 0.283. The van der Waals surface area contributed by atoms with Crippen LogP contribution in [0.5, 0.6) is 28.7 Å². The molecule has 2 N–H and O–H groups in total. The van der Waals surface area contributed by atoms with Crippen LogP contribution in [0.25, 0.3) is 0 Å². The lowest BCUT2D eigenvalue weighted by Gasteiger charge is -2.12. The molecule has 0 unspecified atom stereocenters. The standard InChI is InChI=1S/C23H29N3O7/c1-29-17-7-6-15(10-18(17)30-2)8-9-24-21(27)13-22(28)26-25-14-16-11-19(31-3)23(33-5)20(12-16)32-4/h6-7,10-12,14H,8-9,13H2,1-5H3,(H,24,27)(H,26,28)/b25-14-. The summed E-state index contributed by atoms with van der Waals surface area (Å²) in [7, 11) is 7.64. The van der Waals surface area contributed by atoms with Crippen LogP contribution < -0.4 is 34.4 Å². The van der Waals surface area contributed by atoms with Gasteiger partial charge in [-0.05, 0) is 36.2 Å². The first-order valence-corrected chi connectivity index (χ1v) is 10.0. The lowest BCUT2D eigenvalue weighted by atomic mass is 10.1. The number of carbonyl (C=O) groups is 2. The maximum atomic E-state index is 12.0. The van der Waals surface area contributed by atoms with Crippen LogP contribution in [0.2, 0.25) is 0 Å². The second-order valence-corrected chi connectivity index (χ2v) is 6.72. The number of methoxy groups -OCH3 is 5. The normalized spacial score (nSPS) is 10.5. The number of amides is 2. The minimum Gasteiger partial charge on any atom is -0.493 e. The van der Waals surface area contributed by atoms with Crippen molar-refractivity contribution in [3.63, 3.8) is 0 Å². The Bertz CT molecular complexity index is 967. The molecule has 0 saturated carbocycles. The fourth-order valence-electron chi connectivity index (χ4n) is 2.98. The van der Waals surface area contributed by atoms with Crippen molar-refractivity contribution in [2.75, 3.05) is 42.1 Å². The first-order chi connectivity index (χ1) is 15.9. The lowest BCUT2D eigenvalue weighted by molar-refractivity contribution is -0.129. The fourth-order valence-corrected chi connectivity index (χ4v) is 2.98. The van der Waals surface area contributed by atoms with Crippen molar-refractivity contribution >= 4 is 18.0 Å². The van der Waals surface area contributed by atoms with E-state index in [9.17, 15) is 9.59 Å². The molecule has 2 rings (SSSR count). The molecule has 0 saturated heterocycles. The van der Waals surface area contributed by atoms with E-state index < -0.39 is 11.8 Å². The number of hydrogen-bond acceptors (Lipinski definition) is 8. The molecule has 0 heterocycles. The van der Waals surface area contributed by atoms with E-state index in [0.29, 0.717) is 47.3 Å². The highest BCUT2D eigenvalue weighted by atomic mass is 16.5. The summed E-state index contributed by atoms with van der Waals surface area (Å²) in [6, 6.07) is 8.89. The van der Waals surface area contributed by atoms with Gasteiger partial charge < -0.3 is 29.0 Å². The smallest absolute Gasteiger partial charge is 0.249 e. The molecule has 0 aliphatic rings. The Kier molecular flexibility index (Phi) is 9.81. The predicted molar refractivity (Wildman–Crippen MR) is 123 cm³/mol. The van der Waals surface area contributed by atoms with Crippen molar-refractivity contribution < 1.29 is 33.3 Å². The molecule has 10 nitrogen and oxygen atoms in total. The topological polar surface area (TPSA) is 117 Å². The van der Waals surface area contributed by atoms with Crippen molar-refractivity contribution in [2.45, 2.75) is 12.8 Å². The summed E-state index contributed by atoms with van der Waals surface area (Å²) in [6.45, 7) is 0.371. The number of rotatable bonds is 12. The largest absolute Gasteiger partial charge is 0.493 e. The predicted octanol–water partition coefficient (Wildman–Crippen LogP) is 1.93. The van der Waals surface area contributed by atoms with Gasteiger partial charge in [0.25, 0.3) is 0 Å². The summed E-state index contributed by atoms with van der Waals surface area (Å²) < 4.78 is 26.3. The van der Waals surface area contributed by atoms with Crippen LogP contribution in [-0.2, 0) is 16.0 Å². The zero-order chi connectivity index (χ0) is 24.2. The van der Waals surface area contributed by atoms with E-state index in [0.717, 1.165) is 5.56 Å². The van der Waals surface area contributed by atoms with E-state index in [1.807, 2.05) is 12.1 Å². The molecule has 0 radical (unpaired) electrons. The highest BCUT2D eigenvalue weighted by Crippen LogP contribution is 2.37. The van der Waals surface area contributed by atoms with Gasteiger partial charge in [-0.15, -0.1) is 0 Å². The van der Waals surface area contributed by atoms with Gasteiger partial charge in [-0.3, -0.25) is 9.59 Å². The number of nitrogens with one attached hydrogen (secondary N) is 2. The molecule has 2 amide bonds. The van der Waals surface area contributed by atoms with Crippen molar-refractivity contribution in [3.8, 4) is 28.7 Å². The van der Waals surface area contributed by atoms with Crippen LogP contribution in [0, 0.1) is 0 Å². The van der Waals surface area contributed by atoms with Crippen LogP contribution >= 0.6 is 0 Å². The molecular weight excluding hydrogens is 430 g/mol. The van der Waals surface area contributed by atoms with Gasteiger partial charge in [-0.2, -0.15) is 5.10 Å². The van der Waals surface area contributed by atoms with Crippen molar-refractivity contribution in [1.29, 1.82) is 0 Å². The number of nitrogens with zero attached hydrogens (tertiary/aromatic N) is 1. The molecule has 0 aromatic heterocycles. The maximum absolute atomic E-state index is 12.0. The first-order valence-electron chi connectivity index (χ1n) is 10.0. The third-order valence-electron chi connectivity index (χ3n) is 4.59. The van der Waals surface area contributed by atoms with Crippen molar-refractivity contribution in [3.05, 3.63) is 41.5 Å².